The van der Waals surface area contributed by atoms with Gasteiger partial charge >= 0.3 is 6.09 Å². The van der Waals surface area contributed by atoms with Crippen LogP contribution in [-0.4, -0.2) is 89.1 Å². The van der Waals surface area contributed by atoms with Crippen LogP contribution in [0.25, 0.3) is 0 Å². The number of nitrogens with two attached hydrogens (primary N) is 1. The highest BCUT2D eigenvalue weighted by Gasteiger charge is 2.38. The number of hydrogen-bond donors (Lipinski definition) is 3. The maximum Gasteiger partial charge on any atom is 0.405 e. The Kier molecular flexibility index (Phi) is 14.6. The maximum absolute atomic E-state index is 13.9. The van der Waals surface area contributed by atoms with Crippen LogP contribution in [0.2, 0.25) is 0 Å². The molecule has 0 aromatic rings. The van der Waals surface area contributed by atoms with E-state index < -0.39 is 54.1 Å². The number of nitrogens with one attached hydrogen (secondary N) is 2. The highest BCUT2D eigenvalue weighted by atomic mass is 16.6. The molecular formula is C33H47N3O9. The first-order valence-electron chi connectivity index (χ1n) is 14.7. The average Bonchev–Trinajstić information content (AvgIpc) is 2.99. The first-order chi connectivity index (χ1) is 21.3. The van der Waals surface area contributed by atoms with Crippen molar-refractivity contribution in [1.29, 1.82) is 0 Å². The minimum atomic E-state index is -0.980. The van der Waals surface area contributed by atoms with E-state index in [-0.39, 0.29) is 40.9 Å². The van der Waals surface area contributed by atoms with Crippen LogP contribution in [0, 0.1) is 11.8 Å². The Hall–Kier alpha value is -3.84. The largest absolute Gasteiger partial charge is 0.439 e. The normalized spacial score (nSPS) is 32.0. The fourth-order valence-corrected chi connectivity index (χ4v) is 5.61. The molecule has 2 amide bonds. The molecule has 12 nitrogen and oxygen atoms in total. The second-order valence-corrected chi connectivity index (χ2v) is 11.1. The zero-order valence-electron chi connectivity index (χ0n) is 27.4. The lowest BCUT2D eigenvalue weighted by molar-refractivity contribution is -0.121. The molecule has 0 radical (unpaired) electrons. The van der Waals surface area contributed by atoms with E-state index in [2.05, 4.69) is 17.2 Å². The van der Waals surface area contributed by atoms with Gasteiger partial charge in [0.2, 0.25) is 11.6 Å². The monoisotopic (exact) mass is 629 g/mol. The molecule has 7 atom stereocenters. The third kappa shape index (κ3) is 9.57. The van der Waals surface area contributed by atoms with Gasteiger partial charge in [0.05, 0.1) is 18.3 Å². The van der Waals surface area contributed by atoms with Crippen LogP contribution >= 0.6 is 0 Å². The van der Waals surface area contributed by atoms with Gasteiger partial charge < -0.3 is 40.1 Å². The molecule has 2 bridgehead atoms. The van der Waals surface area contributed by atoms with Gasteiger partial charge in [0.1, 0.15) is 17.5 Å². The highest BCUT2D eigenvalue weighted by molar-refractivity contribution is 6.24. The molecule has 0 spiro atoms. The molecule has 0 saturated heterocycles. The summed E-state index contributed by atoms with van der Waals surface area (Å²) in [4.78, 5) is 52.4. The van der Waals surface area contributed by atoms with Crippen molar-refractivity contribution in [3.05, 3.63) is 71.1 Å². The molecule has 2 rings (SSSR count). The number of primary amides is 1. The van der Waals surface area contributed by atoms with Crippen LogP contribution in [0.5, 0.6) is 0 Å². The topological polar surface area (TPSA) is 165 Å². The van der Waals surface area contributed by atoms with Crippen LogP contribution in [0.4, 0.5) is 4.79 Å². The number of ketones is 2. The predicted molar refractivity (Wildman–Crippen MR) is 169 cm³/mol. The Morgan fingerprint density at radius 3 is 2.31 bits per heavy atom. The van der Waals surface area contributed by atoms with Gasteiger partial charge in [-0.1, -0.05) is 44.2 Å². The number of methoxy groups -OCH3 is 4. The highest BCUT2D eigenvalue weighted by Crippen LogP contribution is 2.30. The summed E-state index contributed by atoms with van der Waals surface area (Å²) < 4.78 is 28.6. The Morgan fingerprint density at radius 2 is 1.76 bits per heavy atom. The molecule has 1 heterocycles. The van der Waals surface area contributed by atoms with Crippen molar-refractivity contribution in [2.45, 2.75) is 64.6 Å². The van der Waals surface area contributed by atoms with E-state index in [1.54, 1.807) is 40.2 Å². The molecule has 2 aliphatic rings. The summed E-state index contributed by atoms with van der Waals surface area (Å²) in [6, 6.07) is 0. The molecule has 0 unspecified atom stereocenters. The van der Waals surface area contributed by atoms with Crippen molar-refractivity contribution in [3.8, 4) is 0 Å². The van der Waals surface area contributed by atoms with Crippen molar-refractivity contribution < 1.29 is 42.9 Å². The van der Waals surface area contributed by atoms with E-state index in [0.717, 1.165) is 0 Å². The number of carbonyl (C=O) groups excluding carboxylic acids is 4. The minimum absolute atomic E-state index is 0.0516. The number of ether oxygens (including phenoxy) is 5. The van der Waals surface area contributed by atoms with E-state index in [0.29, 0.717) is 12.0 Å². The van der Waals surface area contributed by atoms with Gasteiger partial charge in [-0.05, 0) is 37.8 Å². The number of rotatable bonds is 8. The van der Waals surface area contributed by atoms with Gasteiger partial charge in [0.15, 0.2) is 6.10 Å². The maximum atomic E-state index is 13.9. The molecule has 0 saturated carbocycles. The molecule has 0 fully saturated rings. The lowest BCUT2D eigenvalue weighted by Gasteiger charge is -2.34. The molecule has 0 aromatic carbocycles. The lowest BCUT2D eigenvalue weighted by Crippen LogP contribution is -2.43. The van der Waals surface area contributed by atoms with Crippen LogP contribution in [0.1, 0.15) is 34.1 Å². The summed E-state index contributed by atoms with van der Waals surface area (Å²) in [6.45, 7) is 11.0. The molecule has 1 aliphatic carbocycles. The number of Topliss-reactive ketones (excluding diaryl/α,β-unsaturated/α-hetero) is 1. The van der Waals surface area contributed by atoms with Gasteiger partial charge in [-0.2, -0.15) is 0 Å². The van der Waals surface area contributed by atoms with E-state index in [1.807, 2.05) is 19.9 Å². The fourth-order valence-electron chi connectivity index (χ4n) is 5.61. The molecule has 12 heteroatoms. The fraction of sp³-hybridized carbons (Fsp3) is 0.515. The standard InChI is InChI=1S/C33H47N3O9/c1-10-14-35-26-23(37)17-22-28(38)27(26)36-32(39)18(2)12-11-13-24(41-6)31(45-33(34)40)20(4)15-19(3)30(44-9)25(42-7)16-21(5)29(22)43-8/h10-13,15,17,19,21,24-25,29-31,35H,1,14,16H2,2-9H3,(H2,34,40)(H,36,39)/b13-11-,18-12+,20-15+/t19-,21-,24-,25-,29+,30+,31-/m0/s1. The molecule has 4 N–H and O–H groups in total. The number of carbonyl (C=O) groups is 4. The molecule has 0 aromatic heterocycles. The molecular weight excluding hydrogens is 582 g/mol. The first-order valence-corrected chi connectivity index (χ1v) is 14.7. The van der Waals surface area contributed by atoms with Gasteiger partial charge in [-0.3, -0.25) is 14.4 Å². The zero-order chi connectivity index (χ0) is 33.8. The van der Waals surface area contributed by atoms with Crippen LogP contribution in [0.3, 0.4) is 0 Å². The van der Waals surface area contributed by atoms with Crippen LogP contribution in [-0.2, 0) is 38.1 Å². The summed E-state index contributed by atoms with van der Waals surface area (Å²) in [5, 5.41) is 5.50. The summed E-state index contributed by atoms with van der Waals surface area (Å²) in [6.07, 6.45) is 5.36. The van der Waals surface area contributed by atoms with E-state index in [9.17, 15) is 19.2 Å². The Labute approximate surface area is 265 Å². The summed E-state index contributed by atoms with van der Waals surface area (Å²) in [5.74, 6) is -2.23. The van der Waals surface area contributed by atoms with E-state index in [4.69, 9.17) is 29.4 Å². The van der Waals surface area contributed by atoms with E-state index >= 15 is 0 Å². The second-order valence-electron chi connectivity index (χ2n) is 11.1. The van der Waals surface area contributed by atoms with E-state index in [1.165, 1.54) is 32.4 Å². The Morgan fingerprint density at radius 1 is 1.07 bits per heavy atom. The van der Waals surface area contributed by atoms with Crippen molar-refractivity contribution in [1.82, 2.24) is 10.6 Å². The number of fused-ring (bicyclic) bond motifs is 2. The van der Waals surface area contributed by atoms with Crippen molar-refractivity contribution in [3.63, 3.8) is 0 Å². The number of hydrogen-bond acceptors (Lipinski definition) is 10. The van der Waals surface area contributed by atoms with Gasteiger partial charge in [0, 0.05) is 52.0 Å². The quantitative estimate of drug-likeness (QED) is 0.269. The Balaban J connectivity index is 2.76. The summed E-state index contributed by atoms with van der Waals surface area (Å²) >= 11 is 0. The third-order valence-corrected chi connectivity index (χ3v) is 7.87. The molecule has 248 valence electrons. The third-order valence-electron chi connectivity index (χ3n) is 7.87. The smallest absolute Gasteiger partial charge is 0.405 e. The van der Waals surface area contributed by atoms with Gasteiger partial charge in [0.25, 0.3) is 5.91 Å². The molecule has 1 aliphatic heterocycles. The molecule has 45 heavy (non-hydrogen) atoms. The first kappa shape index (κ1) is 37.3. The SMILES string of the molecule is C=CCNC1=C2NC(=O)/C(C)=C/C=C\[C@H](OC)[C@@H](OC(N)=O)/C(C)=C/[C@H](C)[C@@H](OC)[C@@H](OC)C[C@H](C)[C@@H](OC)C(=CC1=O)C2=O. The lowest BCUT2D eigenvalue weighted by atomic mass is 9.83. The number of amides is 2. The second kappa shape index (κ2) is 17.6. The average molecular weight is 630 g/mol. The Bertz CT molecular complexity index is 1280. The van der Waals surface area contributed by atoms with Crippen molar-refractivity contribution in [2.75, 3.05) is 35.0 Å². The van der Waals surface area contributed by atoms with Gasteiger partial charge in [-0.15, -0.1) is 6.58 Å². The minimum Gasteiger partial charge on any atom is -0.439 e. The summed E-state index contributed by atoms with van der Waals surface area (Å²) in [7, 11) is 6.04. The predicted octanol–water partition coefficient (Wildman–Crippen LogP) is 2.82. The van der Waals surface area contributed by atoms with Crippen molar-refractivity contribution in [2.24, 2.45) is 17.6 Å². The zero-order valence-corrected chi connectivity index (χ0v) is 27.4. The van der Waals surface area contributed by atoms with Crippen LogP contribution in [0.15, 0.2) is 71.1 Å². The summed E-state index contributed by atoms with van der Waals surface area (Å²) in [5.41, 5.74) is 6.15. The number of allylic oxidation sites excluding steroid dienone is 4. The van der Waals surface area contributed by atoms with Crippen LogP contribution < -0.4 is 16.4 Å². The van der Waals surface area contributed by atoms with Crippen molar-refractivity contribution >= 4 is 23.6 Å². The van der Waals surface area contributed by atoms with Gasteiger partial charge in [-0.25, -0.2) is 4.79 Å².